The first-order valence-corrected chi connectivity index (χ1v) is 3.78. The molecule has 1 aromatic rings. The standard InChI is InChI=1S/C7H9N3O2.Li/c1-3-8-6(10-9-3)4-2-5(4)7(11)12;/h4-5H,2H2,1H3,(H,11,12)(H,8,9,10);/q;+1/p-1. The molecule has 2 atom stereocenters. The van der Waals surface area contributed by atoms with E-state index < -0.39 is 5.97 Å². The minimum Gasteiger partial charge on any atom is -0.550 e. The first-order valence-electron chi connectivity index (χ1n) is 3.78. The molecule has 64 valence electrons. The molecule has 0 bridgehead atoms. The van der Waals surface area contributed by atoms with Crippen molar-refractivity contribution in [2.24, 2.45) is 5.92 Å². The summed E-state index contributed by atoms with van der Waals surface area (Å²) in [5.74, 6) is -0.0849. The van der Waals surface area contributed by atoms with Crippen LogP contribution in [0.5, 0.6) is 0 Å². The fourth-order valence-corrected chi connectivity index (χ4v) is 1.27. The zero-order valence-corrected chi connectivity index (χ0v) is 7.57. The second-order valence-corrected chi connectivity index (χ2v) is 3.05. The molecule has 1 aromatic heterocycles. The smallest absolute Gasteiger partial charge is 0.550 e. The molecule has 5 nitrogen and oxygen atoms in total. The SMILES string of the molecule is Cc1nc(C2CC2C(=O)[O-])n[nH]1.[Li+]. The Hall–Kier alpha value is -0.793. The third-order valence-electron chi connectivity index (χ3n) is 2.04. The van der Waals surface area contributed by atoms with E-state index in [9.17, 15) is 9.90 Å². The summed E-state index contributed by atoms with van der Waals surface area (Å²) < 4.78 is 0. The summed E-state index contributed by atoms with van der Waals surface area (Å²) in [7, 11) is 0. The fraction of sp³-hybridized carbons (Fsp3) is 0.571. The van der Waals surface area contributed by atoms with Gasteiger partial charge in [0.25, 0.3) is 0 Å². The molecular weight excluding hydrogens is 165 g/mol. The zero-order chi connectivity index (χ0) is 8.72. The van der Waals surface area contributed by atoms with Gasteiger partial charge in [-0.1, -0.05) is 0 Å². The molecule has 1 N–H and O–H groups in total. The van der Waals surface area contributed by atoms with Crippen molar-refractivity contribution in [2.45, 2.75) is 19.3 Å². The van der Waals surface area contributed by atoms with Gasteiger partial charge in [0.05, 0.1) is 0 Å². The van der Waals surface area contributed by atoms with Gasteiger partial charge in [-0.05, 0) is 13.3 Å². The molecule has 2 rings (SSSR count). The van der Waals surface area contributed by atoms with Gasteiger partial charge < -0.3 is 9.90 Å². The Kier molecular flexibility index (Phi) is 2.79. The van der Waals surface area contributed by atoms with E-state index in [2.05, 4.69) is 15.2 Å². The molecule has 0 spiro atoms. The van der Waals surface area contributed by atoms with Crippen molar-refractivity contribution in [1.82, 2.24) is 15.2 Å². The van der Waals surface area contributed by atoms with Crippen LogP contribution in [-0.4, -0.2) is 21.2 Å². The molecule has 6 heteroatoms. The van der Waals surface area contributed by atoms with E-state index in [1.54, 1.807) is 6.92 Å². The zero-order valence-electron chi connectivity index (χ0n) is 7.57. The van der Waals surface area contributed by atoms with Crippen LogP contribution in [0.25, 0.3) is 0 Å². The number of carbonyl (C=O) groups is 1. The maximum absolute atomic E-state index is 10.4. The predicted molar refractivity (Wildman–Crippen MR) is 37.0 cm³/mol. The van der Waals surface area contributed by atoms with Crippen molar-refractivity contribution in [3.05, 3.63) is 11.6 Å². The molecule has 0 aliphatic heterocycles. The van der Waals surface area contributed by atoms with Crippen LogP contribution < -0.4 is 24.0 Å². The van der Waals surface area contributed by atoms with Gasteiger partial charge in [-0.3, -0.25) is 5.10 Å². The van der Waals surface area contributed by atoms with Crippen LogP contribution in [0.4, 0.5) is 0 Å². The Morgan fingerprint density at radius 1 is 1.69 bits per heavy atom. The van der Waals surface area contributed by atoms with Gasteiger partial charge in [0.1, 0.15) is 5.82 Å². The van der Waals surface area contributed by atoms with E-state index in [1.807, 2.05) is 0 Å². The number of hydrogen-bond donors (Lipinski definition) is 1. The largest absolute Gasteiger partial charge is 1.00 e. The molecule has 0 amide bonds. The third kappa shape index (κ3) is 1.93. The van der Waals surface area contributed by atoms with Crippen LogP contribution >= 0.6 is 0 Å². The summed E-state index contributed by atoms with van der Waals surface area (Å²) in [4.78, 5) is 14.4. The van der Waals surface area contributed by atoms with E-state index >= 15 is 0 Å². The summed E-state index contributed by atoms with van der Waals surface area (Å²) in [6.07, 6.45) is 0.611. The molecular formula is C7H8LiN3O2. The molecule has 1 aliphatic carbocycles. The number of carboxylic acids is 1. The molecule has 1 fully saturated rings. The number of rotatable bonds is 2. The quantitative estimate of drug-likeness (QED) is 0.462. The topological polar surface area (TPSA) is 81.7 Å². The number of hydrogen-bond acceptors (Lipinski definition) is 4. The number of aliphatic carboxylic acids is 1. The van der Waals surface area contributed by atoms with E-state index in [1.165, 1.54) is 0 Å². The van der Waals surface area contributed by atoms with Crippen molar-refractivity contribution in [3.63, 3.8) is 0 Å². The second kappa shape index (κ2) is 3.52. The van der Waals surface area contributed by atoms with Crippen molar-refractivity contribution >= 4 is 5.97 Å². The molecule has 0 saturated heterocycles. The van der Waals surface area contributed by atoms with Crippen LogP contribution in [0.2, 0.25) is 0 Å². The fourth-order valence-electron chi connectivity index (χ4n) is 1.27. The van der Waals surface area contributed by atoms with Gasteiger partial charge in [-0.15, -0.1) is 0 Å². The van der Waals surface area contributed by atoms with Crippen LogP contribution in [0, 0.1) is 12.8 Å². The maximum Gasteiger partial charge on any atom is 1.00 e. The Bertz CT molecular complexity index is 325. The van der Waals surface area contributed by atoms with Crippen molar-refractivity contribution in [2.75, 3.05) is 0 Å². The number of aromatic amines is 1. The average molecular weight is 173 g/mol. The molecule has 2 unspecified atom stereocenters. The Balaban J connectivity index is 0.000000845. The van der Waals surface area contributed by atoms with Crippen molar-refractivity contribution in [3.8, 4) is 0 Å². The number of carboxylic acid groups (broad SMARTS) is 1. The minimum absolute atomic E-state index is 0. The van der Waals surface area contributed by atoms with Gasteiger partial charge in [0.2, 0.25) is 0 Å². The number of aryl methyl sites for hydroxylation is 1. The summed E-state index contributed by atoms with van der Waals surface area (Å²) in [5, 5.41) is 16.9. The van der Waals surface area contributed by atoms with Crippen LogP contribution in [-0.2, 0) is 4.79 Å². The predicted octanol–water partition coefficient (Wildman–Crippen LogP) is -4.03. The number of aromatic nitrogens is 3. The summed E-state index contributed by atoms with van der Waals surface area (Å²) in [6, 6.07) is 0. The Morgan fingerprint density at radius 2 is 2.38 bits per heavy atom. The first kappa shape index (κ1) is 10.3. The van der Waals surface area contributed by atoms with Crippen LogP contribution in [0.1, 0.15) is 24.0 Å². The maximum atomic E-state index is 10.4. The minimum atomic E-state index is -0.998. The van der Waals surface area contributed by atoms with Crippen molar-refractivity contribution < 1.29 is 28.8 Å². The molecule has 1 heterocycles. The van der Waals surface area contributed by atoms with Gasteiger partial charge in [-0.2, -0.15) is 5.10 Å². The molecule has 0 aromatic carbocycles. The number of nitrogens with zero attached hydrogens (tertiary/aromatic N) is 2. The Morgan fingerprint density at radius 3 is 2.77 bits per heavy atom. The number of nitrogens with one attached hydrogen (secondary N) is 1. The normalized spacial score (nSPS) is 25.0. The molecule has 1 saturated carbocycles. The average Bonchev–Trinajstić information content (AvgIpc) is 2.70. The van der Waals surface area contributed by atoms with Crippen molar-refractivity contribution in [1.29, 1.82) is 0 Å². The second-order valence-electron chi connectivity index (χ2n) is 3.05. The van der Waals surface area contributed by atoms with E-state index in [-0.39, 0.29) is 30.7 Å². The Labute approximate surface area is 87.1 Å². The third-order valence-corrected chi connectivity index (χ3v) is 2.04. The van der Waals surface area contributed by atoms with Gasteiger partial charge >= 0.3 is 18.9 Å². The molecule has 0 radical (unpaired) electrons. The van der Waals surface area contributed by atoms with E-state index in [0.29, 0.717) is 18.1 Å². The summed E-state index contributed by atoms with van der Waals surface area (Å²) in [6.45, 7) is 1.78. The first-order chi connectivity index (χ1) is 5.68. The molecule has 13 heavy (non-hydrogen) atoms. The number of H-pyrrole nitrogens is 1. The van der Waals surface area contributed by atoms with Crippen LogP contribution in [0.3, 0.4) is 0 Å². The van der Waals surface area contributed by atoms with Gasteiger partial charge in [0, 0.05) is 17.8 Å². The number of carbonyl (C=O) groups excluding carboxylic acids is 1. The van der Waals surface area contributed by atoms with E-state index in [4.69, 9.17) is 0 Å². The summed E-state index contributed by atoms with van der Waals surface area (Å²) >= 11 is 0. The van der Waals surface area contributed by atoms with Crippen LogP contribution in [0.15, 0.2) is 0 Å². The van der Waals surface area contributed by atoms with E-state index in [0.717, 1.165) is 0 Å². The van der Waals surface area contributed by atoms with Gasteiger partial charge in [-0.25, -0.2) is 4.98 Å². The summed E-state index contributed by atoms with van der Waals surface area (Å²) in [5.41, 5.74) is 0. The molecule has 1 aliphatic rings. The van der Waals surface area contributed by atoms with Gasteiger partial charge in [0.15, 0.2) is 5.82 Å². The monoisotopic (exact) mass is 173 g/mol.